The summed E-state index contributed by atoms with van der Waals surface area (Å²) in [6.07, 6.45) is -2.97. The number of urea groups is 1. The summed E-state index contributed by atoms with van der Waals surface area (Å²) in [6, 6.07) is 12.9. The largest absolute Gasteiger partial charge is 0.435 e. The molecule has 0 unspecified atom stereocenters. The number of aromatic nitrogens is 4. The molecule has 0 radical (unpaired) electrons. The molecule has 0 aliphatic rings. The first-order valence-corrected chi connectivity index (χ1v) is 10.7. The van der Waals surface area contributed by atoms with Gasteiger partial charge in [0.2, 0.25) is 0 Å². The van der Waals surface area contributed by atoms with Crippen molar-refractivity contribution in [1.82, 2.24) is 24.9 Å². The van der Waals surface area contributed by atoms with E-state index >= 15 is 0 Å². The van der Waals surface area contributed by atoms with Crippen LogP contribution in [0.15, 0.2) is 54.7 Å². The molecule has 0 saturated heterocycles. The first-order valence-electron chi connectivity index (χ1n) is 10.7. The third kappa shape index (κ3) is 4.75. The highest BCUT2D eigenvalue weighted by Crippen LogP contribution is 2.30. The highest BCUT2D eigenvalue weighted by Gasteiger charge is 2.35. The van der Waals surface area contributed by atoms with Gasteiger partial charge in [0.25, 0.3) is 0 Å². The Morgan fingerprint density at radius 3 is 2.41 bits per heavy atom. The number of hydrogen-bond acceptors (Lipinski definition) is 3. The van der Waals surface area contributed by atoms with E-state index in [1.807, 2.05) is 18.2 Å². The summed E-state index contributed by atoms with van der Waals surface area (Å²) in [5.41, 5.74) is 1.98. The van der Waals surface area contributed by atoms with Crippen LogP contribution in [-0.4, -0.2) is 25.6 Å². The molecule has 0 atom stereocenters. The van der Waals surface area contributed by atoms with E-state index < -0.39 is 17.9 Å². The fourth-order valence-corrected chi connectivity index (χ4v) is 3.63. The number of alkyl halides is 3. The fourth-order valence-electron chi connectivity index (χ4n) is 3.63. The van der Waals surface area contributed by atoms with Crippen LogP contribution >= 0.6 is 0 Å². The summed E-state index contributed by atoms with van der Waals surface area (Å²) in [4.78, 5) is 12.5. The smallest absolute Gasteiger partial charge is 0.332 e. The Morgan fingerprint density at radius 1 is 1.06 bits per heavy atom. The number of fused-ring (bicyclic) bond motifs is 1. The zero-order valence-corrected chi connectivity index (χ0v) is 19.2. The Kier molecular flexibility index (Phi) is 5.84. The fraction of sp³-hybridized carbons (Fsp3) is 0.292. The van der Waals surface area contributed by atoms with Gasteiger partial charge in [-0.25, -0.2) is 9.48 Å². The van der Waals surface area contributed by atoms with Crippen molar-refractivity contribution in [3.05, 3.63) is 71.7 Å². The van der Waals surface area contributed by atoms with E-state index in [1.54, 1.807) is 42.2 Å². The number of anilines is 1. The van der Waals surface area contributed by atoms with E-state index in [9.17, 15) is 18.0 Å². The minimum absolute atomic E-state index is 0.0978. The molecule has 2 heterocycles. The molecule has 2 amide bonds. The monoisotopic (exact) mass is 470 g/mol. The van der Waals surface area contributed by atoms with Gasteiger partial charge in [0.05, 0.1) is 35.3 Å². The number of aryl methyl sites for hydroxylation is 1. The van der Waals surface area contributed by atoms with Gasteiger partial charge < -0.3 is 10.6 Å². The molecule has 4 rings (SSSR count). The highest BCUT2D eigenvalue weighted by molar-refractivity contribution is 6.00. The van der Waals surface area contributed by atoms with Crippen molar-refractivity contribution in [2.45, 2.75) is 38.9 Å². The second-order valence-corrected chi connectivity index (χ2v) is 9.04. The lowest BCUT2D eigenvalue weighted by molar-refractivity contribution is -0.141. The second-order valence-electron chi connectivity index (χ2n) is 9.04. The molecule has 0 saturated carbocycles. The molecule has 0 aliphatic carbocycles. The highest BCUT2D eigenvalue weighted by atomic mass is 19.4. The summed E-state index contributed by atoms with van der Waals surface area (Å²) in [6.45, 7) is 6.01. The summed E-state index contributed by atoms with van der Waals surface area (Å²) in [5, 5.41) is 14.0. The molecule has 0 bridgehead atoms. The zero-order chi connectivity index (χ0) is 24.7. The van der Waals surface area contributed by atoms with Crippen LogP contribution in [0.2, 0.25) is 0 Å². The van der Waals surface area contributed by atoms with Crippen LogP contribution in [0, 0.1) is 0 Å². The summed E-state index contributed by atoms with van der Waals surface area (Å²) in [7, 11) is 1.79. The van der Waals surface area contributed by atoms with Crippen molar-refractivity contribution < 1.29 is 18.0 Å². The second kappa shape index (κ2) is 8.51. The quantitative estimate of drug-likeness (QED) is 0.420. The molecular weight excluding hydrogens is 445 g/mol. The number of benzene rings is 2. The molecule has 0 aliphatic heterocycles. The molecule has 178 valence electrons. The summed E-state index contributed by atoms with van der Waals surface area (Å²) < 4.78 is 43.0. The minimum atomic E-state index is -4.61. The lowest BCUT2D eigenvalue weighted by Crippen LogP contribution is -2.29. The lowest BCUT2D eigenvalue weighted by atomic mass is 9.87. The van der Waals surface area contributed by atoms with Crippen molar-refractivity contribution in [3.63, 3.8) is 0 Å². The molecule has 2 N–H and O–H groups in total. The number of carbonyl (C=O) groups is 1. The van der Waals surface area contributed by atoms with E-state index in [2.05, 4.69) is 41.6 Å². The van der Waals surface area contributed by atoms with Gasteiger partial charge in [0.1, 0.15) is 0 Å². The van der Waals surface area contributed by atoms with Crippen molar-refractivity contribution in [2.75, 3.05) is 5.32 Å². The molecular formula is C24H25F3N6O. The van der Waals surface area contributed by atoms with Gasteiger partial charge in [0.15, 0.2) is 5.69 Å². The molecule has 0 fully saturated rings. The summed E-state index contributed by atoms with van der Waals surface area (Å²) >= 11 is 0. The van der Waals surface area contributed by atoms with Crippen LogP contribution in [0.3, 0.4) is 0 Å². The number of hydrogen-bond donors (Lipinski definition) is 2. The number of nitrogens with zero attached hydrogens (tertiary/aromatic N) is 4. The Morgan fingerprint density at radius 2 is 1.76 bits per heavy atom. The van der Waals surface area contributed by atoms with Crippen LogP contribution in [0.25, 0.3) is 16.6 Å². The van der Waals surface area contributed by atoms with E-state index in [1.165, 1.54) is 4.68 Å². The molecule has 10 heteroatoms. The predicted molar refractivity (Wildman–Crippen MR) is 124 cm³/mol. The number of carbonyl (C=O) groups excluding carboxylic acids is 1. The van der Waals surface area contributed by atoms with Gasteiger partial charge in [0, 0.05) is 12.4 Å². The van der Waals surface area contributed by atoms with Gasteiger partial charge in [-0.05, 0) is 41.3 Å². The maximum Gasteiger partial charge on any atom is 0.435 e. The van der Waals surface area contributed by atoms with Crippen LogP contribution in [0.4, 0.5) is 23.7 Å². The first-order chi connectivity index (χ1) is 15.9. The summed E-state index contributed by atoms with van der Waals surface area (Å²) in [5.74, 6) is 0. The molecule has 7 nitrogen and oxygen atoms in total. The number of halogens is 3. The average Bonchev–Trinajstić information content (AvgIpc) is 3.37. The van der Waals surface area contributed by atoms with Crippen LogP contribution in [0.5, 0.6) is 0 Å². The molecule has 0 spiro atoms. The number of rotatable bonds is 4. The van der Waals surface area contributed by atoms with Crippen molar-refractivity contribution >= 4 is 22.6 Å². The predicted octanol–water partition coefficient (Wildman–Crippen LogP) is 5.40. The maximum absolute atomic E-state index is 13.4. The van der Waals surface area contributed by atoms with Gasteiger partial charge >= 0.3 is 12.2 Å². The van der Waals surface area contributed by atoms with E-state index in [0.717, 1.165) is 22.5 Å². The standard InChI is InChI=1S/C24H25F3N6O/c1-23(2,3)15-8-10-16(11-9-15)33-17(12-21(31-33)24(25,26)27)13-28-22(34)30-19-6-5-7-20-18(19)14-29-32(20)4/h5-12,14H,13H2,1-4H3,(H2,28,30,34). The van der Waals surface area contributed by atoms with Crippen molar-refractivity contribution in [2.24, 2.45) is 7.05 Å². The Labute approximate surface area is 194 Å². The van der Waals surface area contributed by atoms with Crippen LogP contribution in [-0.2, 0) is 25.2 Å². The average molecular weight is 470 g/mol. The van der Waals surface area contributed by atoms with E-state index in [-0.39, 0.29) is 17.7 Å². The van der Waals surface area contributed by atoms with Crippen molar-refractivity contribution in [1.29, 1.82) is 0 Å². The van der Waals surface area contributed by atoms with Crippen LogP contribution in [0.1, 0.15) is 37.7 Å². The molecule has 2 aromatic carbocycles. The Hall–Kier alpha value is -3.82. The van der Waals surface area contributed by atoms with E-state index in [4.69, 9.17) is 0 Å². The number of nitrogens with one attached hydrogen (secondary N) is 2. The van der Waals surface area contributed by atoms with Crippen molar-refractivity contribution in [3.8, 4) is 5.69 Å². The molecule has 34 heavy (non-hydrogen) atoms. The SMILES string of the molecule is Cn1ncc2c(NC(=O)NCc3cc(C(F)(F)F)nn3-c3ccc(C(C)(C)C)cc3)cccc21. The normalized spacial score (nSPS) is 12.2. The van der Waals surface area contributed by atoms with Gasteiger partial charge in [-0.1, -0.05) is 39.0 Å². The Bertz CT molecular complexity index is 1330. The lowest BCUT2D eigenvalue weighted by Gasteiger charge is -2.19. The Balaban J connectivity index is 1.56. The van der Waals surface area contributed by atoms with Gasteiger partial charge in [-0.15, -0.1) is 0 Å². The van der Waals surface area contributed by atoms with Gasteiger partial charge in [-0.3, -0.25) is 4.68 Å². The van der Waals surface area contributed by atoms with Crippen LogP contribution < -0.4 is 10.6 Å². The molecule has 2 aromatic heterocycles. The van der Waals surface area contributed by atoms with E-state index in [0.29, 0.717) is 11.4 Å². The third-order valence-electron chi connectivity index (χ3n) is 5.52. The third-order valence-corrected chi connectivity index (χ3v) is 5.52. The number of amides is 2. The topological polar surface area (TPSA) is 76.8 Å². The zero-order valence-electron chi connectivity index (χ0n) is 19.2. The molecule has 4 aromatic rings. The minimum Gasteiger partial charge on any atom is -0.332 e. The van der Waals surface area contributed by atoms with Gasteiger partial charge in [-0.2, -0.15) is 23.4 Å². The first kappa shape index (κ1) is 23.3. The maximum atomic E-state index is 13.4.